The third kappa shape index (κ3) is 3.28. The molecule has 0 bridgehead atoms. The van der Waals surface area contributed by atoms with Gasteiger partial charge in [-0.3, -0.25) is 4.79 Å². The summed E-state index contributed by atoms with van der Waals surface area (Å²) in [7, 11) is 0. The zero-order valence-corrected chi connectivity index (χ0v) is 12.7. The van der Waals surface area contributed by atoms with E-state index in [1.807, 2.05) is 0 Å². The number of hydrogen-bond donors (Lipinski definition) is 1. The van der Waals surface area contributed by atoms with Crippen LogP contribution < -0.4 is 10.2 Å². The zero-order chi connectivity index (χ0) is 18.3. The van der Waals surface area contributed by atoms with E-state index in [4.69, 9.17) is 27.3 Å². The van der Waals surface area contributed by atoms with Crippen molar-refractivity contribution in [2.45, 2.75) is 19.9 Å². The van der Waals surface area contributed by atoms with Crippen LogP contribution in [0.1, 0.15) is 18.0 Å². The Bertz CT molecular complexity index is 729. The summed E-state index contributed by atoms with van der Waals surface area (Å²) in [5.74, 6) is -0.800. The fraction of sp³-hybridized carbons (Fsp3) is 0.308. The van der Waals surface area contributed by atoms with E-state index in [2.05, 4.69) is 5.32 Å². The predicted octanol–water partition coefficient (Wildman–Crippen LogP) is 2.88. The molecular weight excluding hydrogens is 317 g/mol. The summed E-state index contributed by atoms with van der Waals surface area (Å²) in [5, 5.41) is 1.70. The van der Waals surface area contributed by atoms with Crippen molar-refractivity contribution in [2.75, 3.05) is 11.4 Å². The molecule has 0 atom stereocenters. The van der Waals surface area contributed by atoms with Crippen molar-refractivity contribution < 1.29 is 18.5 Å². The number of anilines is 1. The van der Waals surface area contributed by atoms with Gasteiger partial charge in [-0.25, -0.2) is 19.4 Å². The lowest BCUT2D eigenvalue weighted by molar-refractivity contribution is -0.116. The predicted molar refractivity (Wildman–Crippen MR) is 79.7 cm³/mol. The highest BCUT2D eigenvalue weighted by Gasteiger charge is 2.41. The summed E-state index contributed by atoms with van der Waals surface area (Å²) in [6.45, 7) is 2.84. The number of halogens is 2. The third-order valence-corrected chi connectivity index (χ3v) is 2.90. The number of benzene rings is 1. The number of nitrogens with zero attached hydrogens (tertiary/aromatic N) is 2. The van der Waals surface area contributed by atoms with Gasteiger partial charge in [-0.2, -0.15) is 0 Å². The monoisotopic (exact) mass is 332 g/mol. The molecule has 8 heteroatoms. The minimum atomic E-state index is -1.01. The van der Waals surface area contributed by atoms with Gasteiger partial charge in [0.15, 0.2) is 0 Å². The van der Waals surface area contributed by atoms with E-state index >= 15 is 0 Å². The van der Waals surface area contributed by atoms with Gasteiger partial charge in [0.1, 0.15) is 6.54 Å². The van der Waals surface area contributed by atoms with Gasteiger partial charge in [-0.15, -0.1) is 0 Å². The van der Waals surface area contributed by atoms with Crippen molar-refractivity contribution in [2.24, 2.45) is 0 Å². The summed E-state index contributed by atoms with van der Waals surface area (Å²) in [6.07, 6.45) is 0. The second kappa shape index (κ2) is 5.91. The van der Waals surface area contributed by atoms with E-state index < -0.39 is 58.4 Å². The molecule has 0 aromatic heterocycles. The van der Waals surface area contributed by atoms with Gasteiger partial charge in [-0.1, -0.05) is 23.2 Å². The van der Waals surface area contributed by atoms with E-state index in [9.17, 15) is 14.4 Å². The molecule has 112 valence electrons. The molecule has 6 nitrogen and oxygen atoms in total. The quantitative estimate of drug-likeness (QED) is 0.846. The molecule has 0 saturated carbocycles. The van der Waals surface area contributed by atoms with Gasteiger partial charge in [0, 0.05) is 16.1 Å². The van der Waals surface area contributed by atoms with Gasteiger partial charge < -0.3 is 5.32 Å². The molecule has 1 heterocycles. The summed E-state index contributed by atoms with van der Waals surface area (Å²) in [5.41, 5.74) is -0.448. The summed E-state index contributed by atoms with van der Waals surface area (Å²) < 4.78 is 23.4. The first-order valence-corrected chi connectivity index (χ1v) is 6.73. The molecule has 1 aliphatic rings. The van der Waals surface area contributed by atoms with Crippen LogP contribution in [0.25, 0.3) is 0 Å². The van der Waals surface area contributed by atoms with Crippen LogP contribution in [0.5, 0.6) is 0 Å². The Morgan fingerprint density at radius 1 is 1.29 bits per heavy atom. The van der Waals surface area contributed by atoms with Crippen LogP contribution in [0.2, 0.25) is 10.0 Å². The second-order valence-electron chi connectivity index (χ2n) is 4.55. The van der Waals surface area contributed by atoms with Crippen molar-refractivity contribution >= 4 is 46.9 Å². The van der Waals surface area contributed by atoms with Crippen LogP contribution in [0, 0.1) is 0 Å². The van der Waals surface area contributed by atoms with Gasteiger partial charge in [0.2, 0.25) is 0 Å². The van der Waals surface area contributed by atoms with Crippen LogP contribution in [-0.4, -0.2) is 35.5 Å². The summed E-state index contributed by atoms with van der Waals surface area (Å²) in [6, 6.07) is -3.57. The highest BCUT2D eigenvalue weighted by molar-refractivity contribution is 6.35. The second-order valence-corrected chi connectivity index (χ2v) is 5.31. The molecule has 0 aliphatic carbocycles. The largest absolute Gasteiger partial charge is 0.340 e. The number of nitrogens with one attached hydrogen (secondary N) is 1. The Morgan fingerprint density at radius 2 is 1.86 bits per heavy atom. The minimum Gasteiger partial charge on any atom is -0.335 e. The first-order chi connectivity index (χ1) is 11.1. The molecule has 1 aromatic carbocycles. The molecular formula is C13H13Cl2N3O3. The average molecular weight is 333 g/mol. The standard InChI is InChI=1S/C13H13Cl2N3O3/c1-7(2)16-12(20)17-6-11(19)18(13(17)21)10-4-8(14)3-9(15)5-10/h3-5,7H,6H2,1-2H3,(H,16,20)/i3D,4D,5D. The van der Waals surface area contributed by atoms with Crippen molar-refractivity contribution in [3.05, 3.63) is 28.2 Å². The SMILES string of the molecule is [2H]c1c(Cl)c([2H])c(N2C(=O)CN(C(=O)NC(C)C)C2=O)c([2H])c1Cl. The van der Waals surface area contributed by atoms with Crippen LogP contribution in [0.3, 0.4) is 0 Å². The maximum absolute atomic E-state index is 12.4. The molecule has 2 rings (SSSR count). The summed E-state index contributed by atoms with van der Waals surface area (Å²) in [4.78, 5) is 37.8. The molecule has 5 amide bonds. The van der Waals surface area contributed by atoms with E-state index in [0.29, 0.717) is 9.80 Å². The molecule has 1 saturated heterocycles. The normalized spacial score (nSPS) is 17.1. The smallest absolute Gasteiger partial charge is 0.335 e. The molecule has 0 radical (unpaired) electrons. The number of rotatable bonds is 2. The van der Waals surface area contributed by atoms with Crippen molar-refractivity contribution in [3.8, 4) is 0 Å². The number of hydrogen-bond acceptors (Lipinski definition) is 3. The van der Waals surface area contributed by atoms with Crippen molar-refractivity contribution in [1.82, 2.24) is 10.2 Å². The van der Waals surface area contributed by atoms with E-state index in [1.165, 1.54) is 0 Å². The number of urea groups is 2. The lowest BCUT2D eigenvalue weighted by Gasteiger charge is -2.18. The Labute approximate surface area is 135 Å². The first-order valence-electron chi connectivity index (χ1n) is 7.47. The number of amides is 5. The zero-order valence-electron chi connectivity index (χ0n) is 14.2. The highest BCUT2D eigenvalue weighted by atomic mass is 35.5. The van der Waals surface area contributed by atoms with Gasteiger partial charge in [0.05, 0.1) is 9.80 Å². The molecule has 1 fully saturated rings. The Balaban J connectivity index is 2.49. The van der Waals surface area contributed by atoms with Gasteiger partial charge >= 0.3 is 12.1 Å². The van der Waals surface area contributed by atoms with Gasteiger partial charge in [-0.05, 0) is 32.0 Å². The Kier molecular flexibility index (Phi) is 3.33. The maximum Gasteiger partial charge on any atom is 0.340 e. The molecule has 1 aromatic rings. The molecule has 1 N–H and O–H groups in total. The topological polar surface area (TPSA) is 69.7 Å². The van der Waals surface area contributed by atoms with Gasteiger partial charge in [0.25, 0.3) is 5.91 Å². The summed E-state index contributed by atoms with van der Waals surface area (Å²) >= 11 is 11.6. The molecule has 1 aliphatic heterocycles. The third-order valence-electron chi connectivity index (χ3n) is 2.52. The number of imide groups is 2. The van der Waals surface area contributed by atoms with E-state index in [-0.39, 0.29) is 6.04 Å². The fourth-order valence-corrected chi connectivity index (χ4v) is 2.13. The van der Waals surface area contributed by atoms with Crippen molar-refractivity contribution in [3.63, 3.8) is 0 Å². The number of carbonyl (C=O) groups excluding carboxylic acids is 3. The lowest BCUT2D eigenvalue weighted by atomic mass is 10.3. The van der Waals surface area contributed by atoms with Crippen LogP contribution in [0.4, 0.5) is 15.3 Å². The van der Waals surface area contributed by atoms with E-state index in [1.54, 1.807) is 13.8 Å². The Hall–Kier alpha value is -1.79. The average Bonchev–Trinajstić information content (AvgIpc) is 2.79. The van der Waals surface area contributed by atoms with Crippen molar-refractivity contribution in [1.29, 1.82) is 0 Å². The first kappa shape index (κ1) is 11.8. The molecule has 0 spiro atoms. The van der Waals surface area contributed by atoms with Crippen LogP contribution >= 0.6 is 23.2 Å². The number of carbonyl (C=O) groups is 3. The molecule has 0 unspecified atom stereocenters. The minimum absolute atomic E-state index is 0.251. The maximum atomic E-state index is 12.4. The lowest BCUT2D eigenvalue weighted by Crippen LogP contribution is -2.45. The fourth-order valence-electron chi connectivity index (χ4n) is 1.71. The molecule has 21 heavy (non-hydrogen) atoms. The highest BCUT2D eigenvalue weighted by Crippen LogP contribution is 2.28. The Morgan fingerprint density at radius 3 is 2.38 bits per heavy atom. The van der Waals surface area contributed by atoms with Crippen LogP contribution in [0.15, 0.2) is 18.1 Å². The van der Waals surface area contributed by atoms with E-state index in [0.717, 1.165) is 0 Å². The van der Waals surface area contributed by atoms with Crippen LogP contribution in [-0.2, 0) is 4.79 Å².